The van der Waals surface area contributed by atoms with Gasteiger partial charge in [0.15, 0.2) is 0 Å². The van der Waals surface area contributed by atoms with E-state index in [0.29, 0.717) is 18.7 Å². The molecule has 0 heterocycles. The van der Waals surface area contributed by atoms with E-state index < -0.39 is 10.5 Å². The van der Waals surface area contributed by atoms with E-state index in [-0.39, 0.29) is 5.69 Å². The van der Waals surface area contributed by atoms with Crippen LogP contribution in [0.5, 0.6) is 0 Å². The summed E-state index contributed by atoms with van der Waals surface area (Å²) in [5, 5.41) is 23.8. The normalized spacial score (nSPS) is 14.0. The summed E-state index contributed by atoms with van der Waals surface area (Å²) in [4.78, 5) is 10.3. The lowest BCUT2D eigenvalue weighted by Crippen LogP contribution is -2.33. The molecule has 5 heteroatoms. The first-order valence-electron chi connectivity index (χ1n) is 6.06. The Morgan fingerprint density at radius 1 is 1.44 bits per heavy atom. The highest BCUT2D eigenvalue weighted by atomic mass is 16.6. The van der Waals surface area contributed by atoms with Crippen molar-refractivity contribution in [2.75, 3.05) is 11.9 Å². The van der Waals surface area contributed by atoms with Crippen molar-refractivity contribution in [2.45, 2.75) is 39.2 Å². The van der Waals surface area contributed by atoms with Crippen molar-refractivity contribution >= 4 is 11.4 Å². The Bertz CT molecular complexity index is 430. The number of non-ortho nitro benzene ring substituents is 1. The summed E-state index contributed by atoms with van der Waals surface area (Å²) < 4.78 is 0. The molecule has 0 fully saturated rings. The molecule has 2 N–H and O–H groups in total. The van der Waals surface area contributed by atoms with Gasteiger partial charge in [0, 0.05) is 24.4 Å². The second-order valence-electron chi connectivity index (χ2n) is 4.91. The largest absolute Gasteiger partial charge is 0.388 e. The van der Waals surface area contributed by atoms with E-state index in [2.05, 4.69) is 5.32 Å². The minimum atomic E-state index is -0.798. The molecule has 1 atom stereocenters. The minimum Gasteiger partial charge on any atom is -0.388 e. The van der Waals surface area contributed by atoms with Crippen molar-refractivity contribution in [3.63, 3.8) is 0 Å². The first kappa shape index (κ1) is 14.4. The van der Waals surface area contributed by atoms with Gasteiger partial charge in [-0.2, -0.15) is 0 Å². The number of hydrogen-bond acceptors (Lipinski definition) is 4. The van der Waals surface area contributed by atoms with Crippen molar-refractivity contribution in [1.82, 2.24) is 0 Å². The maximum atomic E-state index is 10.7. The van der Waals surface area contributed by atoms with Crippen LogP contribution in [0.25, 0.3) is 0 Å². The Morgan fingerprint density at radius 3 is 2.67 bits per heavy atom. The monoisotopic (exact) mass is 252 g/mol. The number of nitro benzene ring substituents is 1. The van der Waals surface area contributed by atoms with E-state index in [1.54, 1.807) is 6.92 Å². The first-order chi connectivity index (χ1) is 8.34. The quantitative estimate of drug-likeness (QED) is 0.603. The van der Waals surface area contributed by atoms with Crippen LogP contribution in [0.2, 0.25) is 0 Å². The van der Waals surface area contributed by atoms with E-state index in [4.69, 9.17) is 0 Å². The molecule has 0 aliphatic rings. The fraction of sp³-hybridized carbons (Fsp3) is 0.538. The van der Waals surface area contributed by atoms with E-state index in [1.165, 1.54) is 12.1 Å². The molecular weight excluding hydrogens is 232 g/mol. The van der Waals surface area contributed by atoms with Crippen LogP contribution >= 0.6 is 0 Å². The fourth-order valence-electron chi connectivity index (χ4n) is 1.89. The molecule has 0 bridgehead atoms. The molecule has 0 aliphatic heterocycles. The summed E-state index contributed by atoms with van der Waals surface area (Å²) in [6.45, 7) is 5.95. The van der Waals surface area contributed by atoms with Gasteiger partial charge in [-0.3, -0.25) is 10.1 Å². The number of rotatable bonds is 6. The Balaban J connectivity index is 2.76. The molecular formula is C13H20N2O3. The van der Waals surface area contributed by atoms with Crippen molar-refractivity contribution in [3.8, 4) is 0 Å². The summed E-state index contributed by atoms with van der Waals surface area (Å²) in [6.07, 6.45) is 1.58. The summed E-state index contributed by atoms with van der Waals surface area (Å²) in [7, 11) is 0. The van der Waals surface area contributed by atoms with Crippen LogP contribution in [0.1, 0.15) is 32.3 Å². The Morgan fingerprint density at radius 2 is 2.11 bits per heavy atom. The van der Waals surface area contributed by atoms with Gasteiger partial charge < -0.3 is 10.4 Å². The fourth-order valence-corrected chi connectivity index (χ4v) is 1.89. The molecule has 0 radical (unpaired) electrons. The van der Waals surface area contributed by atoms with Crippen LogP contribution in [0.3, 0.4) is 0 Å². The summed E-state index contributed by atoms with van der Waals surface area (Å²) in [5.74, 6) is 0. The predicted octanol–water partition coefficient (Wildman–Crippen LogP) is 2.87. The van der Waals surface area contributed by atoms with Crippen molar-refractivity contribution < 1.29 is 10.0 Å². The molecule has 0 aromatic heterocycles. The Labute approximate surface area is 107 Å². The van der Waals surface area contributed by atoms with Crippen LogP contribution < -0.4 is 5.32 Å². The zero-order chi connectivity index (χ0) is 13.8. The predicted molar refractivity (Wildman–Crippen MR) is 71.9 cm³/mol. The van der Waals surface area contributed by atoms with Gasteiger partial charge in [0.05, 0.1) is 10.5 Å². The average molecular weight is 252 g/mol. The van der Waals surface area contributed by atoms with Gasteiger partial charge in [-0.25, -0.2) is 0 Å². The number of benzene rings is 1. The standard InChI is InChI=1S/C13H20N2O3/c1-4-5-13(3,16)9-14-11-6-10(2)7-12(8-11)15(17)18/h6-8,14,16H,4-5,9H2,1-3H3. The lowest BCUT2D eigenvalue weighted by molar-refractivity contribution is -0.384. The van der Waals surface area contributed by atoms with Crippen molar-refractivity contribution in [1.29, 1.82) is 0 Å². The number of nitrogens with one attached hydrogen (secondary N) is 1. The van der Waals surface area contributed by atoms with Gasteiger partial charge in [0.2, 0.25) is 0 Å². The van der Waals surface area contributed by atoms with Gasteiger partial charge in [-0.15, -0.1) is 0 Å². The third-order valence-electron chi connectivity index (χ3n) is 2.73. The van der Waals surface area contributed by atoms with Crippen LogP contribution in [0.15, 0.2) is 18.2 Å². The summed E-state index contributed by atoms with van der Waals surface area (Å²) >= 11 is 0. The molecule has 0 amide bonds. The van der Waals surface area contributed by atoms with E-state index >= 15 is 0 Å². The third-order valence-corrected chi connectivity index (χ3v) is 2.73. The van der Waals surface area contributed by atoms with Crippen LogP contribution in [0, 0.1) is 17.0 Å². The van der Waals surface area contributed by atoms with Crippen LogP contribution in [-0.2, 0) is 0 Å². The Hall–Kier alpha value is -1.62. The third kappa shape index (κ3) is 4.33. The smallest absolute Gasteiger partial charge is 0.271 e. The van der Waals surface area contributed by atoms with E-state index in [9.17, 15) is 15.2 Å². The second kappa shape index (κ2) is 5.82. The van der Waals surface area contributed by atoms with E-state index in [1.807, 2.05) is 19.9 Å². The number of anilines is 1. The van der Waals surface area contributed by atoms with E-state index in [0.717, 1.165) is 12.0 Å². The average Bonchev–Trinajstić information content (AvgIpc) is 2.26. The van der Waals surface area contributed by atoms with Gasteiger partial charge in [-0.1, -0.05) is 13.3 Å². The molecule has 1 rings (SSSR count). The molecule has 0 saturated carbocycles. The molecule has 100 valence electrons. The highest BCUT2D eigenvalue weighted by Crippen LogP contribution is 2.21. The maximum absolute atomic E-state index is 10.7. The van der Waals surface area contributed by atoms with Gasteiger partial charge in [0.25, 0.3) is 5.69 Å². The highest BCUT2D eigenvalue weighted by Gasteiger charge is 2.19. The van der Waals surface area contributed by atoms with Gasteiger partial charge in [-0.05, 0) is 31.9 Å². The molecule has 0 saturated heterocycles. The molecule has 18 heavy (non-hydrogen) atoms. The van der Waals surface area contributed by atoms with Crippen molar-refractivity contribution in [3.05, 3.63) is 33.9 Å². The van der Waals surface area contributed by atoms with Gasteiger partial charge >= 0.3 is 0 Å². The molecule has 1 aromatic rings. The molecule has 0 spiro atoms. The molecule has 5 nitrogen and oxygen atoms in total. The number of aliphatic hydroxyl groups is 1. The van der Waals surface area contributed by atoms with Crippen LogP contribution in [0.4, 0.5) is 11.4 Å². The van der Waals surface area contributed by atoms with Gasteiger partial charge in [0.1, 0.15) is 0 Å². The lowest BCUT2D eigenvalue weighted by Gasteiger charge is -2.23. The summed E-state index contributed by atoms with van der Waals surface area (Å²) in [6, 6.07) is 4.83. The molecule has 1 aromatic carbocycles. The highest BCUT2D eigenvalue weighted by molar-refractivity contribution is 5.53. The Kier molecular flexibility index (Phi) is 4.67. The number of aryl methyl sites for hydroxylation is 1. The zero-order valence-electron chi connectivity index (χ0n) is 11.1. The zero-order valence-corrected chi connectivity index (χ0v) is 11.1. The topological polar surface area (TPSA) is 75.4 Å². The number of nitro groups is 1. The number of nitrogens with zero attached hydrogens (tertiary/aromatic N) is 1. The lowest BCUT2D eigenvalue weighted by atomic mass is 10.0. The summed E-state index contributed by atoms with van der Waals surface area (Å²) in [5.41, 5.74) is 0.750. The van der Waals surface area contributed by atoms with Crippen molar-refractivity contribution in [2.24, 2.45) is 0 Å². The number of hydrogen-bond donors (Lipinski definition) is 2. The molecule has 1 unspecified atom stereocenters. The van der Waals surface area contributed by atoms with Crippen LogP contribution in [-0.4, -0.2) is 22.2 Å². The second-order valence-corrected chi connectivity index (χ2v) is 4.91. The molecule has 0 aliphatic carbocycles. The first-order valence-corrected chi connectivity index (χ1v) is 6.06. The SMILES string of the molecule is CCCC(C)(O)CNc1cc(C)cc([N+](=O)[O-])c1. The minimum absolute atomic E-state index is 0.0626. The maximum Gasteiger partial charge on any atom is 0.271 e.